The normalized spacial score (nSPS) is 14.2. The highest BCUT2D eigenvalue weighted by Gasteiger charge is 2.45. The second kappa shape index (κ2) is 7.54. The molecular weight excluding hydrogens is 228 g/mol. The van der Waals surface area contributed by atoms with Gasteiger partial charge in [0, 0.05) is 0 Å². The Morgan fingerprint density at radius 2 is 1.94 bits per heavy atom. The van der Waals surface area contributed by atoms with E-state index in [9.17, 15) is 14.7 Å². The summed E-state index contributed by atoms with van der Waals surface area (Å²) in [4.78, 5) is 23.0. The highest BCUT2D eigenvalue weighted by molar-refractivity contribution is 7.99. The number of hydrogen-bond donors (Lipinski definition) is 1. The molecule has 1 atom stereocenters. The van der Waals surface area contributed by atoms with Crippen LogP contribution in [0.25, 0.3) is 0 Å². The second-order valence-corrected chi connectivity index (χ2v) is 4.80. The van der Waals surface area contributed by atoms with E-state index in [0.29, 0.717) is 12.2 Å². The van der Waals surface area contributed by atoms with Gasteiger partial charge in [0.1, 0.15) is 0 Å². The number of esters is 1. The largest absolute Gasteiger partial charge is 0.480 e. The first kappa shape index (κ1) is 15.3. The Morgan fingerprint density at radius 1 is 1.31 bits per heavy atom. The maximum Gasteiger partial charge on any atom is 0.323 e. The fourth-order valence-electron chi connectivity index (χ4n) is 1.43. The molecule has 0 aliphatic heterocycles. The Bertz CT molecular complexity index is 242. The molecule has 0 aromatic carbocycles. The number of carbonyl (C=O) groups is 2. The predicted octanol–water partition coefficient (Wildman–Crippen LogP) is 2.17. The van der Waals surface area contributed by atoms with E-state index < -0.39 is 17.4 Å². The van der Waals surface area contributed by atoms with Crippen LogP contribution < -0.4 is 0 Å². The highest BCUT2D eigenvalue weighted by Crippen LogP contribution is 2.30. The van der Waals surface area contributed by atoms with Crippen molar-refractivity contribution >= 4 is 23.7 Å². The molecule has 0 spiro atoms. The summed E-state index contributed by atoms with van der Waals surface area (Å²) in [6, 6.07) is 0. The van der Waals surface area contributed by atoms with Gasteiger partial charge >= 0.3 is 11.9 Å². The molecule has 0 amide bonds. The number of hydrogen-bond acceptors (Lipinski definition) is 4. The minimum Gasteiger partial charge on any atom is -0.480 e. The summed E-state index contributed by atoms with van der Waals surface area (Å²) in [5.74, 6) is -0.107. The van der Waals surface area contributed by atoms with E-state index in [0.717, 1.165) is 5.75 Å². The Balaban J connectivity index is 4.71. The van der Waals surface area contributed by atoms with Crippen molar-refractivity contribution in [1.82, 2.24) is 0 Å². The SMILES string of the molecule is CCOC(=O)C(CC)(CCSCC)C(=O)O. The number of aliphatic carboxylic acids is 1. The molecule has 0 fully saturated rings. The number of ether oxygens (including phenoxy) is 1. The molecule has 1 unspecified atom stereocenters. The van der Waals surface area contributed by atoms with Crippen LogP contribution in [-0.2, 0) is 14.3 Å². The second-order valence-electron chi connectivity index (χ2n) is 3.41. The zero-order valence-electron chi connectivity index (χ0n) is 10.1. The molecule has 0 radical (unpaired) electrons. The molecule has 94 valence electrons. The molecule has 0 saturated carbocycles. The monoisotopic (exact) mass is 248 g/mol. The first-order chi connectivity index (χ1) is 7.55. The van der Waals surface area contributed by atoms with Crippen LogP contribution in [0.2, 0.25) is 0 Å². The quantitative estimate of drug-likeness (QED) is 0.405. The average molecular weight is 248 g/mol. The lowest BCUT2D eigenvalue weighted by molar-refractivity contribution is -0.169. The van der Waals surface area contributed by atoms with Gasteiger partial charge in [0.25, 0.3) is 0 Å². The lowest BCUT2D eigenvalue weighted by Crippen LogP contribution is -2.40. The van der Waals surface area contributed by atoms with Gasteiger partial charge in [-0.2, -0.15) is 11.8 Å². The summed E-state index contributed by atoms with van der Waals surface area (Å²) in [6.07, 6.45) is 0.599. The number of carbonyl (C=O) groups excluding carboxylic acids is 1. The summed E-state index contributed by atoms with van der Waals surface area (Å²) in [5.41, 5.74) is -1.36. The zero-order valence-corrected chi connectivity index (χ0v) is 10.9. The van der Waals surface area contributed by atoms with Gasteiger partial charge in [-0.15, -0.1) is 0 Å². The van der Waals surface area contributed by atoms with Gasteiger partial charge in [-0.1, -0.05) is 13.8 Å². The Morgan fingerprint density at radius 3 is 2.31 bits per heavy atom. The molecule has 0 aromatic rings. The molecule has 16 heavy (non-hydrogen) atoms. The van der Waals surface area contributed by atoms with Crippen molar-refractivity contribution in [2.75, 3.05) is 18.1 Å². The maximum atomic E-state index is 11.7. The standard InChI is InChI=1S/C11H20O4S/c1-4-11(9(12)13,7-8-16-6-3)10(14)15-5-2/h4-8H2,1-3H3,(H,12,13). The molecule has 0 heterocycles. The number of carboxylic acids is 1. The first-order valence-electron chi connectivity index (χ1n) is 5.53. The number of carboxylic acid groups (broad SMARTS) is 1. The first-order valence-corrected chi connectivity index (χ1v) is 6.69. The van der Waals surface area contributed by atoms with E-state index >= 15 is 0 Å². The Labute approximate surface area is 101 Å². The van der Waals surface area contributed by atoms with Crippen LogP contribution in [0.5, 0.6) is 0 Å². The van der Waals surface area contributed by atoms with Gasteiger partial charge < -0.3 is 9.84 Å². The summed E-state index contributed by atoms with van der Waals surface area (Å²) in [6.45, 7) is 5.61. The lowest BCUT2D eigenvalue weighted by atomic mass is 9.82. The van der Waals surface area contributed by atoms with Crippen molar-refractivity contribution in [3.05, 3.63) is 0 Å². The van der Waals surface area contributed by atoms with Gasteiger partial charge in [0.2, 0.25) is 0 Å². The molecular formula is C11H20O4S. The van der Waals surface area contributed by atoms with Gasteiger partial charge in [-0.3, -0.25) is 9.59 Å². The van der Waals surface area contributed by atoms with Crippen LogP contribution >= 0.6 is 11.8 Å². The molecule has 0 aliphatic carbocycles. The van der Waals surface area contributed by atoms with Crippen molar-refractivity contribution in [3.63, 3.8) is 0 Å². The van der Waals surface area contributed by atoms with E-state index in [1.165, 1.54) is 0 Å². The van der Waals surface area contributed by atoms with Crippen molar-refractivity contribution in [2.45, 2.75) is 33.6 Å². The summed E-state index contributed by atoms with van der Waals surface area (Å²) < 4.78 is 4.86. The summed E-state index contributed by atoms with van der Waals surface area (Å²) >= 11 is 1.63. The molecule has 0 aromatic heterocycles. The third kappa shape index (κ3) is 3.70. The maximum absolute atomic E-state index is 11.7. The van der Waals surface area contributed by atoms with Crippen molar-refractivity contribution in [3.8, 4) is 0 Å². The molecule has 0 saturated heterocycles. The smallest absolute Gasteiger partial charge is 0.323 e. The molecule has 5 heteroatoms. The van der Waals surface area contributed by atoms with E-state index in [1.54, 1.807) is 25.6 Å². The van der Waals surface area contributed by atoms with E-state index in [4.69, 9.17) is 4.74 Å². The lowest BCUT2D eigenvalue weighted by Gasteiger charge is -2.25. The van der Waals surface area contributed by atoms with E-state index in [-0.39, 0.29) is 13.0 Å². The molecule has 4 nitrogen and oxygen atoms in total. The fraction of sp³-hybridized carbons (Fsp3) is 0.818. The third-order valence-corrected chi connectivity index (χ3v) is 3.46. The van der Waals surface area contributed by atoms with Crippen LogP contribution in [0.3, 0.4) is 0 Å². The van der Waals surface area contributed by atoms with Crippen LogP contribution in [0.1, 0.15) is 33.6 Å². The molecule has 0 aliphatic rings. The highest BCUT2D eigenvalue weighted by atomic mass is 32.2. The molecule has 0 rings (SSSR count). The summed E-state index contributed by atoms with van der Waals surface area (Å²) in [7, 11) is 0. The van der Waals surface area contributed by atoms with Crippen molar-refractivity contribution < 1.29 is 19.4 Å². The summed E-state index contributed by atoms with van der Waals surface area (Å²) in [5, 5.41) is 9.21. The molecule has 0 bridgehead atoms. The van der Waals surface area contributed by atoms with E-state index in [1.807, 2.05) is 6.92 Å². The Kier molecular flexibility index (Phi) is 7.21. The van der Waals surface area contributed by atoms with Crippen LogP contribution in [0, 0.1) is 5.41 Å². The zero-order chi connectivity index (χ0) is 12.6. The average Bonchev–Trinajstić information content (AvgIpc) is 2.24. The van der Waals surface area contributed by atoms with Gasteiger partial charge in [-0.25, -0.2) is 0 Å². The van der Waals surface area contributed by atoms with Gasteiger partial charge in [0.05, 0.1) is 6.61 Å². The number of rotatable bonds is 8. The van der Waals surface area contributed by atoms with E-state index in [2.05, 4.69) is 0 Å². The van der Waals surface area contributed by atoms with Crippen molar-refractivity contribution in [2.24, 2.45) is 5.41 Å². The van der Waals surface area contributed by atoms with Gasteiger partial charge in [0.15, 0.2) is 5.41 Å². The predicted molar refractivity (Wildman–Crippen MR) is 64.6 cm³/mol. The van der Waals surface area contributed by atoms with Gasteiger partial charge in [-0.05, 0) is 31.3 Å². The topological polar surface area (TPSA) is 63.6 Å². The fourth-order valence-corrected chi connectivity index (χ4v) is 2.21. The number of thioether (sulfide) groups is 1. The molecule has 1 N–H and O–H groups in total. The third-order valence-electron chi connectivity index (χ3n) is 2.56. The van der Waals surface area contributed by atoms with Crippen LogP contribution in [0.15, 0.2) is 0 Å². The van der Waals surface area contributed by atoms with Crippen molar-refractivity contribution in [1.29, 1.82) is 0 Å². The Hall–Kier alpha value is -0.710. The van der Waals surface area contributed by atoms with Crippen LogP contribution in [-0.4, -0.2) is 35.2 Å². The minimum atomic E-state index is -1.36. The minimum absolute atomic E-state index is 0.217. The van der Waals surface area contributed by atoms with Crippen LogP contribution in [0.4, 0.5) is 0 Å².